The number of carbonyl (C=O) groups is 1. The summed E-state index contributed by atoms with van der Waals surface area (Å²) < 4.78 is 0. The highest BCUT2D eigenvalue weighted by atomic mass is 16.2. The second-order valence-electron chi connectivity index (χ2n) is 6.69. The number of aromatic amines is 1. The number of nitrogens with zero attached hydrogens (tertiary/aromatic N) is 2. The van der Waals surface area contributed by atoms with Crippen LogP contribution in [0.25, 0.3) is 0 Å². The third-order valence-corrected chi connectivity index (χ3v) is 5.28. The van der Waals surface area contributed by atoms with Crippen LogP contribution in [-0.4, -0.2) is 33.9 Å². The molecule has 0 aromatic carbocycles. The third-order valence-electron chi connectivity index (χ3n) is 5.28. The van der Waals surface area contributed by atoms with Crippen LogP contribution in [0, 0.1) is 5.92 Å². The highest BCUT2D eigenvalue weighted by molar-refractivity contribution is 5.76. The van der Waals surface area contributed by atoms with Crippen LogP contribution in [0.1, 0.15) is 69.4 Å². The van der Waals surface area contributed by atoms with Crippen molar-refractivity contribution in [2.75, 3.05) is 13.1 Å². The number of amides is 1. The van der Waals surface area contributed by atoms with Crippen molar-refractivity contribution in [1.29, 1.82) is 0 Å². The summed E-state index contributed by atoms with van der Waals surface area (Å²) in [5.74, 6) is 1.71. The Kier molecular flexibility index (Phi) is 4.94. The predicted octanol–water partition coefficient (Wildman–Crippen LogP) is 3.48. The molecule has 0 radical (unpaired) electrons. The molecule has 1 aliphatic carbocycles. The van der Waals surface area contributed by atoms with Crippen LogP contribution < -0.4 is 0 Å². The van der Waals surface area contributed by atoms with Crippen molar-refractivity contribution >= 4 is 5.91 Å². The fourth-order valence-electron chi connectivity index (χ4n) is 3.88. The SMILES string of the molecule is O=C(CCC1CCCCC1)N1CCC(c2c[nH]cn2)CC1. The quantitative estimate of drug-likeness (QED) is 0.922. The molecular formula is C17H27N3O. The zero-order valence-corrected chi connectivity index (χ0v) is 12.9. The second-order valence-corrected chi connectivity index (χ2v) is 6.69. The minimum atomic E-state index is 0.376. The van der Waals surface area contributed by atoms with Crippen molar-refractivity contribution < 1.29 is 4.79 Å². The minimum Gasteiger partial charge on any atom is -0.351 e. The van der Waals surface area contributed by atoms with Crippen molar-refractivity contribution in [3.05, 3.63) is 18.2 Å². The summed E-state index contributed by atoms with van der Waals surface area (Å²) in [7, 11) is 0. The number of hydrogen-bond acceptors (Lipinski definition) is 2. The Balaban J connectivity index is 1.40. The lowest BCUT2D eigenvalue weighted by molar-refractivity contribution is -0.132. The summed E-state index contributed by atoms with van der Waals surface area (Å²) in [6, 6.07) is 0. The highest BCUT2D eigenvalue weighted by Crippen LogP contribution is 2.29. The first-order chi connectivity index (χ1) is 10.3. The monoisotopic (exact) mass is 289 g/mol. The number of piperidine rings is 1. The van der Waals surface area contributed by atoms with Crippen molar-refractivity contribution in [2.24, 2.45) is 5.92 Å². The topological polar surface area (TPSA) is 49.0 Å². The van der Waals surface area contributed by atoms with Gasteiger partial charge in [-0.05, 0) is 25.2 Å². The molecule has 1 saturated heterocycles. The molecule has 4 nitrogen and oxygen atoms in total. The molecule has 1 aromatic heterocycles. The van der Waals surface area contributed by atoms with Gasteiger partial charge in [0.05, 0.1) is 12.0 Å². The maximum atomic E-state index is 12.3. The third kappa shape index (κ3) is 3.86. The lowest BCUT2D eigenvalue weighted by Gasteiger charge is -2.32. The van der Waals surface area contributed by atoms with Gasteiger partial charge < -0.3 is 9.88 Å². The molecule has 116 valence electrons. The molecule has 0 unspecified atom stereocenters. The van der Waals surface area contributed by atoms with Crippen molar-refractivity contribution in [2.45, 2.75) is 63.7 Å². The minimum absolute atomic E-state index is 0.376. The van der Waals surface area contributed by atoms with Gasteiger partial charge >= 0.3 is 0 Å². The van der Waals surface area contributed by atoms with E-state index in [4.69, 9.17) is 0 Å². The summed E-state index contributed by atoms with van der Waals surface area (Å²) in [5.41, 5.74) is 1.16. The number of imidazole rings is 1. The molecule has 4 heteroatoms. The Morgan fingerprint density at radius 1 is 1.19 bits per heavy atom. The molecule has 2 fully saturated rings. The maximum absolute atomic E-state index is 12.3. The van der Waals surface area contributed by atoms with E-state index >= 15 is 0 Å². The zero-order chi connectivity index (χ0) is 14.5. The molecule has 1 aliphatic heterocycles. The molecule has 1 N–H and O–H groups in total. The maximum Gasteiger partial charge on any atom is 0.222 e. The lowest BCUT2D eigenvalue weighted by Crippen LogP contribution is -2.38. The lowest BCUT2D eigenvalue weighted by atomic mass is 9.86. The standard InChI is InChI=1S/C17H27N3O/c21-17(7-6-14-4-2-1-3-5-14)20-10-8-15(9-11-20)16-12-18-13-19-16/h12-15H,1-11H2,(H,18,19). The van der Waals surface area contributed by atoms with Gasteiger partial charge in [-0.15, -0.1) is 0 Å². The van der Waals surface area contributed by atoms with Crippen LogP contribution in [0.3, 0.4) is 0 Å². The molecule has 0 atom stereocenters. The molecular weight excluding hydrogens is 262 g/mol. The van der Waals surface area contributed by atoms with Gasteiger partial charge in [0, 0.05) is 31.6 Å². The molecule has 2 aliphatic rings. The fraction of sp³-hybridized carbons (Fsp3) is 0.765. The fourth-order valence-corrected chi connectivity index (χ4v) is 3.88. The largest absolute Gasteiger partial charge is 0.351 e. The van der Waals surface area contributed by atoms with Gasteiger partial charge in [0.2, 0.25) is 5.91 Å². The van der Waals surface area contributed by atoms with E-state index in [1.54, 1.807) is 6.33 Å². The summed E-state index contributed by atoms with van der Waals surface area (Å²) in [6.07, 6.45) is 14.5. The smallest absolute Gasteiger partial charge is 0.222 e. The van der Waals surface area contributed by atoms with Gasteiger partial charge in [0.15, 0.2) is 0 Å². The number of hydrogen-bond donors (Lipinski definition) is 1. The molecule has 0 bridgehead atoms. The average molecular weight is 289 g/mol. The molecule has 1 amide bonds. The molecule has 3 rings (SSSR count). The van der Waals surface area contributed by atoms with Gasteiger partial charge in [-0.1, -0.05) is 32.1 Å². The Hall–Kier alpha value is -1.32. The van der Waals surface area contributed by atoms with Crippen molar-refractivity contribution in [3.8, 4) is 0 Å². The van der Waals surface area contributed by atoms with Crippen LogP contribution in [0.15, 0.2) is 12.5 Å². The van der Waals surface area contributed by atoms with Gasteiger partial charge in [0.25, 0.3) is 0 Å². The van der Waals surface area contributed by atoms with Gasteiger partial charge in [-0.2, -0.15) is 0 Å². The number of rotatable bonds is 4. The Morgan fingerprint density at radius 3 is 2.62 bits per heavy atom. The summed E-state index contributed by atoms with van der Waals surface area (Å²) in [6.45, 7) is 1.81. The Labute approximate surface area is 127 Å². The van der Waals surface area contributed by atoms with E-state index in [1.165, 1.54) is 32.1 Å². The Bertz CT molecular complexity index is 429. The molecule has 21 heavy (non-hydrogen) atoms. The van der Waals surface area contributed by atoms with E-state index in [0.717, 1.165) is 50.4 Å². The number of carbonyl (C=O) groups excluding carboxylic acids is 1. The van der Waals surface area contributed by atoms with Crippen LogP contribution in [0.2, 0.25) is 0 Å². The summed E-state index contributed by atoms with van der Waals surface area (Å²) in [4.78, 5) is 21.8. The van der Waals surface area contributed by atoms with Gasteiger partial charge in [-0.3, -0.25) is 4.79 Å². The van der Waals surface area contributed by atoms with Crippen LogP contribution >= 0.6 is 0 Å². The van der Waals surface area contributed by atoms with Crippen molar-refractivity contribution in [3.63, 3.8) is 0 Å². The first-order valence-corrected chi connectivity index (χ1v) is 8.59. The predicted molar refractivity (Wildman–Crippen MR) is 83.0 cm³/mol. The number of H-pyrrole nitrogens is 1. The second kappa shape index (κ2) is 7.10. The number of likely N-dealkylation sites (tertiary alicyclic amines) is 1. The van der Waals surface area contributed by atoms with E-state index in [0.29, 0.717) is 11.8 Å². The van der Waals surface area contributed by atoms with E-state index < -0.39 is 0 Å². The van der Waals surface area contributed by atoms with E-state index in [2.05, 4.69) is 14.9 Å². The van der Waals surface area contributed by atoms with Crippen LogP contribution in [0.5, 0.6) is 0 Å². The Morgan fingerprint density at radius 2 is 1.95 bits per heavy atom. The van der Waals surface area contributed by atoms with Crippen molar-refractivity contribution in [1.82, 2.24) is 14.9 Å². The normalized spacial score (nSPS) is 21.6. The van der Waals surface area contributed by atoms with Crippen LogP contribution in [0.4, 0.5) is 0 Å². The van der Waals surface area contributed by atoms with Crippen LogP contribution in [-0.2, 0) is 4.79 Å². The molecule has 1 aromatic rings. The zero-order valence-electron chi connectivity index (χ0n) is 12.9. The number of aromatic nitrogens is 2. The first kappa shape index (κ1) is 14.6. The van der Waals surface area contributed by atoms with Gasteiger partial charge in [-0.25, -0.2) is 4.98 Å². The number of nitrogens with one attached hydrogen (secondary N) is 1. The average Bonchev–Trinajstić information content (AvgIpc) is 3.08. The highest BCUT2D eigenvalue weighted by Gasteiger charge is 2.25. The molecule has 1 saturated carbocycles. The van der Waals surface area contributed by atoms with E-state index in [1.807, 2.05) is 6.20 Å². The van der Waals surface area contributed by atoms with E-state index in [9.17, 15) is 4.79 Å². The van der Waals surface area contributed by atoms with Gasteiger partial charge in [0.1, 0.15) is 0 Å². The van der Waals surface area contributed by atoms with E-state index in [-0.39, 0.29) is 0 Å². The summed E-state index contributed by atoms with van der Waals surface area (Å²) >= 11 is 0. The molecule has 0 spiro atoms. The first-order valence-electron chi connectivity index (χ1n) is 8.59. The summed E-state index contributed by atoms with van der Waals surface area (Å²) in [5, 5.41) is 0. The molecule has 2 heterocycles.